The third kappa shape index (κ3) is 5.72. The molecule has 3 amide bonds. The number of morpholine rings is 1. The highest BCUT2D eigenvalue weighted by atomic mass is 35.5. The Morgan fingerprint density at radius 3 is 2.56 bits per heavy atom. The third-order valence-electron chi connectivity index (χ3n) is 5.32. The Balaban J connectivity index is 1.43. The van der Waals surface area contributed by atoms with Crippen molar-refractivity contribution >= 4 is 46.5 Å². The lowest BCUT2D eigenvalue weighted by Crippen LogP contribution is -2.46. The van der Waals surface area contributed by atoms with E-state index in [-0.39, 0.29) is 17.4 Å². The predicted molar refractivity (Wildman–Crippen MR) is 129 cm³/mol. The van der Waals surface area contributed by atoms with Crippen LogP contribution in [0.1, 0.15) is 11.1 Å². The number of rotatable bonds is 7. The van der Waals surface area contributed by atoms with Gasteiger partial charge in [-0.3, -0.25) is 19.3 Å². The van der Waals surface area contributed by atoms with Crippen LogP contribution in [0.3, 0.4) is 0 Å². The van der Waals surface area contributed by atoms with E-state index in [9.17, 15) is 14.4 Å². The lowest BCUT2D eigenvalue weighted by atomic mass is 10.1. The molecule has 2 aliphatic rings. The molecule has 2 aromatic carbocycles. The predicted octanol–water partition coefficient (Wildman–Crippen LogP) is 3.82. The normalized spacial score (nSPS) is 17.4. The minimum absolute atomic E-state index is 0.247. The van der Waals surface area contributed by atoms with Crippen molar-refractivity contribution < 1.29 is 28.6 Å². The summed E-state index contributed by atoms with van der Waals surface area (Å²) in [6.07, 6.45) is 1.61. The minimum Gasteiger partial charge on any atom is -0.493 e. The van der Waals surface area contributed by atoms with Gasteiger partial charge in [-0.25, -0.2) is 0 Å². The maximum Gasteiger partial charge on any atom is 0.294 e. The molecular weight excluding hydrogens is 480 g/mol. The second-order valence-electron chi connectivity index (χ2n) is 7.59. The molecule has 2 heterocycles. The fourth-order valence-electron chi connectivity index (χ4n) is 3.47. The monoisotopic (exact) mass is 502 g/mol. The molecule has 2 fully saturated rings. The van der Waals surface area contributed by atoms with Crippen LogP contribution in [0, 0.1) is 0 Å². The van der Waals surface area contributed by atoms with Gasteiger partial charge in [0.1, 0.15) is 13.2 Å². The van der Waals surface area contributed by atoms with E-state index in [1.54, 1.807) is 41.3 Å². The molecule has 0 N–H and O–H groups in total. The zero-order chi connectivity index (χ0) is 24.1. The number of thioether (sulfide) groups is 1. The molecule has 34 heavy (non-hydrogen) atoms. The molecule has 8 nitrogen and oxygen atoms in total. The van der Waals surface area contributed by atoms with Crippen molar-refractivity contribution in [3.63, 3.8) is 0 Å². The van der Waals surface area contributed by atoms with Crippen molar-refractivity contribution in [2.24, 2.45) is 0 Å². The van der Waals surface area contributed by atoms with Gasteiger partial charge in [-0.1, -0.05) is 29.8 Å². The van der Waals surface area contributed by atoms with Crippen LogP contribution >= 0.6 is 23.4 Å². The molecule has 0 aliphatic carbocycles. The minimum atomic E-state index is -0.487. The number of carbonyl (C=O) groups is 3. The van der Waals surface area contributed by atoms with Crippen LogP contribution in [-0.4, -0.2) is 66.8 Å². The average molecular weight is 503 g/mol. The summed E-state index contributed by atoms with van der Waals surface area (Å²) in [5.74, 6) is 0.276. The fraction of sp³-hybridized carbons (Fsp3) is 0.292. The van der Waals surface area contributed by atoms with Gasteiger partial charge in [0.15, 0.2) is 11.5 Å². The first-order valence-corrected chi connectivity index (χ1v) is 11.8. The average Bonchev–Trinajstić information content (AvgIpc) is 3.11. The summed E-state index contributed by atoms with van der Waals surface area (Å²) in [5.41, 5.74) is 1.62. The van der Waals surface area contributed by atoms with E-state index in [0.29, 0.717) is 55.0 Å². The van der Waals surface area contributed by atoms with Gasteiger partial charge < -0.3 is 19.1 Å². The topological polar surface area (TPSA) is 85.4 Å². The van der Waals surface area contributed by atoms with Gasteiger partial charge in [0.05, 0.1) is 25.2 Å². The van der Waals surface area contributed by atoms with E-state index in [4.69, 9.17) is 25.8 Å². The number of amides is 3. The van der Waals surface area contributed by atoms with Gasteiger partial charge in [0, 0.05) is 18.1 Å². The second-order valence-corrected chi connectivity index (χ2v) is 9.02. The Labute approximate surface area is 206 Å². The standard InChI is InChI=1S/C24H23ClN2O6S/c1-31-20-12-17(4-7-19(20)33-15-16-2-5-18(25)6-3-16)13-21-23(29)27(24(30)34-21)14-22(28)26-8-10-32-11-9-26/h2-7,12-13H,8-11,14-15H2,1H3/b21-13-. The van der Waals surface area contributed by atoms with Crippen molar-refractivity contribution in [3.8, 4) is 11.5 Å². The highest BCUT2D eigenvalue weighted by molar-refractivity contribution is 8.18. The Morgan fingerprint density at radius 2 is 1.85 bits per heavy atom. The number of ether oxygens (including phenoxy) is 3. The lowest BCUT2D eigenvalue weighted by Gasteiger charge is -2.28. The number of hydrogen-bond acceptors (Lipinski definition) is 7. The maximum absolute atomic E-state index is 12.8. The second kappa shape index (κ2) is 10.9. The van der Waals surface area contributed by atoms with E-state index in [1.807, 2.05) is 12.1 Å². The summed E-state index contributed by atoms with van der Waals surface area (Å²) in [6, 6.07) is 12.6. The molecule has 2 saturated heterocycles. The van der Waals surface area contributed by atoms with E-state index in [0.717, 1.165) is 22.2 Å². The molecule has 0 saturated carbocycles. The number of methoxy groups -OCH3 is 1. The molecule has 0 atom stereocenters. The Kier molecular flexibility index (Phi) is 7.77. The molecule has 0 aromatic heterocycles. The summed E-state index contributed by atoms with van der Waals surface area (Å²) < 4.78 is 16.5. The van der Waals surface area contributed by atoms with Gasteiger partial charge in [0.25, 0.3) is 11.1 Å². The van der Waals surface area contributed by atoms with Crippen LogP contribution in [-0.2, 0) is 20.9 Å². The van der Waals surface area contributed by atoms with E-state index in [2.05, 4.69) is 0 Å². The summed E-state index contributed by atoms with van der Waals surface area (Å²) in [5, 5.41) is 0.188. The number of halogens is 1. The van der Waals surface area contributed by atoms with Crippen LogP contribution in [0.2, 0.25) is 5.02 Å². The van der Waals surface area contributed by atoms with Crippen molar-refractivity contribution in [2.75, 3.05) is 40.0 Å². The van der Waals surface area contributed by atoms with Gasteiger partial charge in [-0.15, -0.1) is 0 Å². The Hall–Kier alpha value is -3.01. The first-order chi connectivity index (χ1) is 16.4. The van der Waals surface area contributed by atoms with E-state index >= 15 is 0 Å². The van der Waals surface area contributed by atoms with Crippen molar-refractivity contribution in [1.82, 2.24) is 9.80 Å². The van der Waals surface area contributed by atoms with Crippen LogP contribution in [0.4, 0.5) is 4.79 Å². The quantitative estimate of drug-likeness (QED) is 0.532. The number of benzene rings is 2. The molecular formula is C24H23ClN2O6S. The van der Waals surface area contributed by atoms with Gasteiger partial charge >= 0.3 is 0 Å². The first-order valence-electron chi connectivity index (χ1n) is 10.6. The number of hydrogen-bond donors (Lipinski definition) is 0. The third-order valence-corrected chi connectivity index (χ3v) is 6.48. The molecule has 2 aliphatic heterocycles. The van der Waals surface area contributed by atoms with E-state index < -0.39 is 11.1 Å². The van der Waals surface area contributed by atoms with Crippen molar-refractivity contribution in [2.45, 2.75) is 6.61 Å². The summed E-state index contributed by atoms with van der Waals surface area (Å²) >= 11 is 6.72. The molecule has 178 valence electrons. The fourth-order valence-corrected chi connectivity index (χ4v) is 4.43. The molecule has 10 heteroatoms. The van der Waals surface area contributed by atoms with Crippen LogP contribution in [0.5, 0.6) is 11.5 Å². The highest BCUT2D eigenvalue weighted by Crippen LogP contribution is 2.35. The smallest absolute Gasteiger partial charge is 0.294 e. The molecule has 0 unspecified atom stereocenters. The van der Waals surface area contributed by atoms with Crippen LogP contribution in [0.15, 0.2) is 47.4 Å². The largest absolute Gasteiger partial charge is 0.493 e. The lowest BCUT2D eigenvalue weighted by molar-refractivity contribution is -0.139. The zero-order valence-electron chi connectivity index (χ0n) is 18.5. The van der Waals surface area contributed by atoms with Gasteiger partial charge in [-0.2, -0.15) is 0 Å². The van der Waals surface area contributed by atoms with Crippen molar-refractivity contribution in [3.05, 3.63) is 63.5 Å². The molecule has 2 aromatic rings. The van der Waals surface area contributed by atoms with E-state index in [1.165, 1.54) is 7.11 Å². The number of imide groups is 1. The number of nitrogens with zero attached hydrogens (tertiary/aromatic N) is 2. The maximum atomic E-state index is 12.8. The van der Waals surface area contributed by atoms with Gasteiger partial charge in [-0.05, 0) is 53.2 Å². The molecule has 0 radical (unpaired) electrons. The first kappa shape index (κ1) is 24.1. The van der Waals surface area contributed by atoms with Crippen molar-refractivity contribution in [1.29, 1.82) is 0 Å². The SMILES string of the molecule is COc1cc(/C=C2\SC(=O)N(CC(=O)N3CCOCC3)C2=O)ccc1OCc1ccc(Cl)cc1. The highest BCUT2D eigenvalue weighted by Gasteiger charge is 2.37. The summed E-state index contributed by atoms with van der Waals surface area (Å²) in [6.45, 7) is 1.88. The summed E-state index contributed by atoms with van der Waals surface area (Å²) in [7, 11) is 1.53. The van der Waals surface area contributed by atoms with Crippen LogP contribution in [0.25, 0.3) is 6.08 Å². The van der Waals surface area contributed by atoms with Crippen LogP contribution < -0.4 is 9.47 Å². The zero-order valence-corrected chi connectivity index (χ0v) is 20.1. The molecule has 0 spiro atoms. The molecule has 0 bridgehead atoms. The summed E-state index contributed by atoms with van der Waals surface area (Å²) in [4.78, 5) is 40.5. The molecule has 4 rings (SSSR count). The Morgan fingerprint density at radius 1 is 1.12 bits per heavy atom. The Bertz CT molecular complexity index is 1110. The number of carbonyl (C=O) groups excluding carboxylic acids is 3. The van der Waals surface area contributed by atoms with Gasteiger partial charge in [0.2, 0.25) is 5.91 Å².